The number of hydrogen-bond donors (Lipinski definition) is 3. The molecule has 1 unspecified atom stereocenters. The summed E-state index contributed by atoms with van der Waals surface area (Å²) >= 11 is 3.37. The predicted molar refractivity (Wildman–Crippen MR) is 98.5 cm³/mol. The molecule has 2 aromatic carbocycles. The molecule has 2 rings (SSSR count). The van der Waals surface area contributed by atoms with Crippen LogP contribution in [0.2, 0.25) is 0 Å². The molecule has 134 valence electrons. The van der Waals surface area contributed by atoms with Crippen molar-refractivity contribution in [2.75, 3.05) is 0 Å². The van der Waals surface area contributed by atoms with Crippen LogP contribution in [0.4, 0.5) is 0 Å². The van der Waals surface area contributed by atoms with Crippen LogP contribution in [-0.2, 0) is 14.8 Å². The first kappa shape index (κ1) is 19.6. The summed E-state index contributed by atoms with van der Waals surface area (Å²) in [5, 5.41) is 8.77. The fourth-order valence-corrected chi connectivity index (χ4v) is 3.87. The highest BCUT2D eigenvalue weighted by atomic mass is 79.9. The molecule has 0 saturated heterocycles. The number of halogens is 1. The molecular formula is C17H19BrN2O4S. The van der Waals surface area contributed by atoms with Gasteiger partial charge >= 0.3 is 0 Å². The number of hydroxylamine groups is 1. The first-order valence-electron chi connectivity index (χ1n) is 7.57. The van der Waals surface area contributed by atoms with Crippen LogP contribution in [-0.4, -0.2) is 25.6 Å². The lowest BCUT2D eigenvalue weighted by Gasteiger charge is -2.20. The second-order valence-corrected chi connectivity index (χ2v) is 8.48. The number of hydrogen-bond acceptors (Lipinski definition) is 4. The van der Waals surface area contributed by atoms with Crippen molar-refractivity contribution in [2.24, 2.45) is 5.92 Å². The van der Waals surface area contributed by atoms with Gasteiger partial charge in [-0.3, -0.25) is 10.0 Å². The molecule has 6 nitrogen and oxygen atoms in total. The average molecular weight is 427 g/mol. The Morgan fingerprint density at radius 2 is 1.48 bits per heavy atom. The Morgan fingerprint density at radius 3 is 1.92 bits per heavy atom. The molecule has 0 spiro atoms. The van der Waals surface area contributed by atoms with E-state index in [0.29, 0.717) is 0 Å². The van der Waals surface area contributed by atoms with Crippen LogP contribution in [0.1, 0.15) is 13.8 Å². The Morgan fingerprint density at radius 1 is 1.00 bits per heavy atom. The lowest BCUT2D eigenvalue weighted by molar-refractivity contribution is -0.131. The van der Waals surface area contributed by atoms with Crippen LogP contribution in [0.25, 0.3) is 11.1 Å². The second-order valence-electron chi connectivity index (χ2n) is 5.85. The van der Waals surface area contributed by atoms with Gasteiger partial charge < -0.3 is 0 Å². The predicted octanol–water partition coefficient (Wildman–Crippen LogP) is 2.92. The van der Waals surface area contributed by atoms with Gasteiger partial charge in [-0.2, -0.15) is 4.72 Å². The van der Waals surface area contributed by atoms with Gasteiger partial charge in [-0.15, -0.1) is 0 Å². The van der Waals surface area contributed by atoms with Crippen molar-refractivity contribution in [1.29, 1.82) is 0 Å². The van der Waals surface area contributed by atoms with Crippen LogP contribution >= 0.6 is 15.9 Å². The molecule has 8 heteroatoms. The number of carbonyl (C=O) groups is 1. The van der Waals surface area contributed by atoms with Gasteiger partial charge in [0.1, 0.15) is 6.04 Å². The van der Waals surface area contributed by atoms with Gasteiger partial charge in [0.15, 0.2) is 0 Å². The summed E-state index contributed by atoms with van der Waals surface area (Å²) < 4.78 is 28.2. The molecule has 0 aromatic heterocycles. The van der Waals surface area contributed by atoms with Crippen LogP contribution in [0, 0.1) is 5.92 Å². The summed E-state index contributed by atoms with van der Waals surface area (Å²) in [7, 11) is -3.89. The van der Waals surface area contributed by atoms with Crippen LogP contribution in [0.15, 0.2) is 57.9 Å². The molecule has 0 aliphatic carbocycles. The Labute approximate surface area is 155 Å². The molecular weight excluding hydrogens is 408 g/mol. The largest absolute Gasteiger partial charge is 0.289 e. The lowest BCUT2D eigenvalue weighted by atomic mass is 10.1. The fourth-order valence-electron chi connectivity index (χ4n) is 2.27. The molecule has 0 heterocycles. The van der Waals surface area contributed by atoms with Gasteiger partial charge in [0.05, 0.1) is 4.90 Å². The van der Waals surface area contributed by atoms with Crippen molar-refractivity contribution in [3.63, 3.8) is 0 Å². The maximum atomic E-state index is 12.5. The highest BCUT2D eigenvalue weighted by Gasteiger charge is 2.28. The quantitative estimate of drug-likeness (QED) is 0.488. The first-order chi connectivity index (χ1) is 11.7. The summed E-state index contributed by atoms with van der Waals surface area (Å²) in [5.74, 6) is -1.13. The summed E-state index contributed by atoms with van der Waals surface area (Å²) in [4.78, 5) is 11.7. The lowest BCUT2D eigenvalue weighted by Crippen LogP contribution is -2.48. The van der Waals surface area contributed by atoms with Gasteiger partial charge in [0.25, 0.3) is 5.91 Å². The maximum absolute atomic E-state index is 12.5. The van der Waals surface area contributed by atoms with E-state index in [1.807, 2.05) is 24.3 Å². The Bertz CT molecular complexity index is 834. The van der Waals surface area contributed by atoms with Crippen LogP contribution < -0.4 is 10.2 Å². The van der Waals surface area contributed by atoms with E-state index in [0.717, 1.165) is 15.6 Å². The van der Waals surface area contributed by atoms with Crippen molar-refractivity contribution in [3.8, 4) is 11.1 Å². The molecule has 0 bridgehead atoms. The monoisotopic (exact) mass is 426 g/mol. The van der Waals surface area contributed by atoms with E-state index in [-0.39, 0.29) is 10.8 Å². The smallest absolute Gasteiger partial charge is 0.261 e. The number of amides is 1. The van der Waals surface area contributed by atoms with Gasteiger partial charge in [-0.1, -0.05) is 54.0 Å². The third-order valence-electron chi connectivity index (χ3n) is 3.68. The van der Waals surface area contributed by atoms with Crippen LogP contribution in [0.5, 0.6) is 0 Å². The molecule has 3 N–H and O–H groups in total. The summed E-state index contributed by atoms with van der Waals surface area (Å²) in [5.41, 5.74) is 3.32. The van der Waals surface area contributed by atoms with Crippen molar-refractivity contribution in [2.45, 2.75) is 24.8 Å². The minimum Gasteiger partial charge on any atom is -0.289 e. The highest BCUT2D eigenvalue weighted by molar-refractivity contribution is 9.10. The third-order valence-corrected chi connectivity index (χ3v) is 5.67. The number of carbonyl (C=O) groups excluding carboxylic acids is 1. The Kier molecular flexibility index (Phi) is 6.34. The summed E-state index contributed by atoms with van der Waals surface area (Å²) in [6, 6.07) is 13.0. The molecule has 1 amide bonds. The van der Waals surface area contributed by atoms with E-state index < -0.39 is 22.0 Å². The van der Waals surface area contributed by atoms with Gasteiger partial charge in [0.2, 0.25) is 10.0 Å². The normalized spacial score (nSPS) is 12.8. The van der Waals surface area contributed by atoms with E-state index in [1.165, 1.54) is 17.6 Å². The molecule has 0 fully saturated rings. The van der Waals surface area contributed by atoms with Gasteiger partial charge in [-0.05, 0) is 41.3 Å². The zero-order valence-corrected chi connectivity index (χ0v) is 16.1. The first-order valence-corrected chi connectivity index (χ1v) is 9.84. The average Bonchev–Trinajstić information content (AvgIpc) is 2.59. The molecule has 0 aliphatic rings. The number of sulfonamides is 1. The minimum absolute atomic E-state index is 0.0461. The van der Waals surface area contributed by atoms with Crippen molar-refractivity contribution < 1.29 is 18.4 Å². The summed E-state index contributed by atoms with van der Waals surface area (Å²) in [6.45, 7) is 3.36. The van der Waals surface area contributed by atoms with Crippen molar-refractivity contribution in [3.05, 3.63) is 53.0 Å². The van der Waals surface area contributed by atoms with Crippen molar-refractivity contribution >= 4 is 31.9 Å². The van der Waals surface area contributed by atoms with Crippen molar-refractivity contribution in [1.82, 2.24) is 10.2 Å². The zero-order valence-electron chi connectivity index (χ0n) is 13.7. The SMILES string of the molecule is CC(C)C(NS(=O)(=O)c1ccc(-c2ccc(Br)cc2)cc1)C(=O)NO. The highest BCUT2D eigenvalue weighted by Crippen LogP contribution is 2.23. The van der Waals surface area contributed by atoms with E-state index in [1.54, 1.807) is 26.0 Å². The standard InChI is InChI=1S/C17H19BrN2O4S/c1-11(2)16(17(21)19-22)20-25(23,24)15-9-5-13(6-10-15)12-3-7-14(18)8-4-12/h3-11,16,20,22H,1-2H3,(H,19,21). The molecule has 0 aliphatic heterocycles. The second kappa shape index (κ2) is 8.09. The molecule has 0 saturated carbocycles. The van der Waals surface area contributed by atoms with Gasteiger partial charge in [-0.25, -0.2) is 13.9 Å². The molecule has 2 aromatic rings. The third kappa shape index (κ3) is 4.88. The van der Waals surface area contributed by atoms with E-state index >= 15 is 0 Å². The zero-order chi connectivity index (χ0) is 18.6. The van der Waals surface area contributed by atoms with E-state index in [4.69, 9.17) is 5.21 Å². The van der Waals surface area contributed by atoms with E-state index in [2.05, 4.69) is 20.7 Å². The number of nitrogens with one attached hydrogen (secondary N) is 2. The maximum Gasteiger partial charge on any atom is 0.261 e. The van der Waals surface area contributed by atoms with Crippen LogP contribution in [0.3, 0.4) is 0 Å². The topological polar surface area (TPSA) is 95.5 Å². The molecule has 25 heavy (non-hydrogen) atoms. The fraction of sp³-hybridized carbons (Fsp3) is 0.235. The summed E-state index contributed by atoms with van der Waals surface area (Å²) in [6.07, 6.45) is 0. The molecule has 1 atom stereocenters. The minimum atomic E-state index is -3.89. The molecule has 0 radical (unpaired) electrons. The Hall–Kier alpha value is -1.74. The number of rotatable bonds is 6. The Balaban J connectivity index is 2.25. The van der Waals surface area contributed by atoms with Gasteiger partial charge in [0, 0.05) is 4.47 Å². The van der Waals surface area contributed by atoms with E-state index in [9.17, 15) is 13.2 Å². The number of benzene rings is 2.